The van der Waals surface area contributed by atoms with Gasteiger partial charge in [0, 0.05) is 19.5 Å². The van der Waals surface area contributed by atoms with Gasteiger partial charge in [-0.2, -0.15) is 0 Å². The zero-order chi connectivity index (χ0) is 16.2. The number of hydrogen-bond acceptors (Lipinski definition) is 3. The largest absolute Gasteiger partial charge is 0.391 e. The minimum atomic E-state index is -0.547. The number of nitrogens with zero attached hydrogens (tertiary/aromatic N) is 1. The number of amides is 2. The van der Waals surface area contributed by atoms with Crippen LogP contribution < -0.4 is 5.32 Å². The van der Waals surface area contributed by atoms with Crippen molar-refractivity contribution in [1.29, 1.82) is 0 Å². The molecule has 2 unspecified atom stereocenters. The van der Waals surface area contributed by atoms with E-state index in [0.29, 0.717) is 19.4 Å². The first kappa shape index (κ1) is 18.0. The molecule has 0 saturated carbocycles. The van der Waals surface area contributed by atoms with E-state index in [4.69, 9.17) is 0 Å². The third-order valence-corrected chi connectivity index (χ3v) is 3.81. The van der Waals surface area contributed by atoms with Gasteiger partial charge in [0.2, 0.25) is 11.8 Å². The lowest BCUT2D eigenvalue weighted by atomic mass is 9.91. The van der Waals surface area contributed by atoms with Crippen LogP contribution in [0.4, 0.5) is 0 Å². The third kappa shape index (κ3) is 5.65. The fraction of sp³-hybridized carbons (Fsp3) is 0.875. The fourth-order valence-electron chi connectivity index (χ4n) is 2.45. The Hall–Kier alpha value is -1.10. The van der Waals surface area contributed by atoms with Crippen molar-refractivity contribution in [2.45, 2.75) is 66.0 Å². The summed E-state index contributed by atoms with van der Waals surface area (Å²) in [6.07, 6.45) is 1.47. The second-order valence-electron chi connectivity index (χ2n) is 7.54. The van der Waals surface area contributed by atoms with E-state index in [1.165, 1.54) is 0 Å². The molecule has 0 aliphatic carbocycles. The average molecular weight is 298 g/mol. The molecule has 1 aliphatic rings. The molecular formula is C16H30N2O3. The summed E-state index contributed by atoms with van der Waals surface area (Å²) in [6.45, 7) is 10.8. The minimum Gasteiger partial charge on any atom is -0.391 e. The number of hydrogen-bond donors (Lipinski definition) is 2. The molecule has 0 aromatic carbocycles. The monoisotopic (exact) mass is 298 g/mol. The van der Waals surface area contributed by atoms with Crippen LogP contribution in [0.3, 0.4) is 0 Å². The third-order valence-electron chi connectivity index (χ3n) is 3.81. The molecule has 0 spiro atoms. The Kier molecular flexibility index (Phi) is 6.20. The average Bonchev–Trinajstić information content (AvgIpc) is 2.82. The number of aliphatic hydroxyl groups is 1. The van der Waals surface area contributed by atoms with Gasteiger partial charge in [-0.1, -0.05) is 34.6 Å². The molecule has 5 heteroatoms. The number of aliphatic hydroxyl groups excluding tert-OH is 1. The second-order valence-corrected chi connectivity index (χ2v) is 7.54. The summed E-state index contributed by atoms with van der Waals surface area (Å²) >= 11 is 0. The molecule has 1 saturated heterocycles. The molecule has 2 N–H and O–H groups in total. The van der Waals surface area contributed by atoms with Crippen LogP contribution >= 0.6 is 0 Å². The highest BCUT2D eigenvalue weighted by Gasteiger charge is 2.35. The van der Waals surface area contributed by atoms with Crippen LogP contribution in [0.2, 0.25) is 0 Å². The molecule has 0 aromatic rings. The van der Waals surface area contributed by atoms with Crippen molar-refractivity contribution in [3.05, 3.63) is 0 Å². The lowest BCUT2D eigenvalue weighted by molar-refractivity contribution is -0.140. The molecule has 1 aliphatic heterocycles. The van der Waals surface area contributed by atoms with Crippen LogP contribution in [0.1, 0.15) is 53.9 Å². The van der Waals surface area contributed by atoms with Gasteiger partial charge >= 0.3 is 0 Å². The van der Waals surface area contributed by atoms with Crippen LogP contribution in [0.15, 0.2) is 0 Å². The molecule has 21 heavy (non-hydrogen) atoms. The molecule has 122 valence electrons. The van der Waals surface area contributed by atoms with Gasteiger partial charge in [-0.3, -0.25) is 9.59 Å². The SMILES string of the molecule is CC(C)C(O)CNC(=O)C1CCCN1C(=O)CC(C)(C)C. The Morgan fingerprint density at radius 3 is 2.48 bits per heavy atom. The molecule has 1 heterocycles. The highest BCUT2D eigenvalue weighted by molar-refractivity contribution is 5.88. The van der Waals surface area contributed by atoms with E-state index in [1.807, 2.05) is 34.6 Å². The maximum Gasteiger partial charge on any atom is 0.242 e. The van der Waals surface area contributed by atoms with E-state index in [9.17, 15) is 14.7 Å². The van der Waals surface area contributed by atoms with Crippen LogP contribution in [0.5, 0.6) is 0 Å². The predicted molar refractivity (Wildman–Crippen MR) is 82.7 cm³/mol. The van der Waals surface area contributed by atoms with Crippen LogP contribution in [0.25, 0.3) is 0 Å². The Bertz CT molecular complexity index is 374. The van der Waals surface area contributed by atoms with Gasteiger partial charge in [0.05, 0.1) is 6.10 Å². The van der Waals surface area contributed by atoms with E-state index < -0.39 is 6.10 Å². The summed E-state index contributed by atoms with van der Waals surface area (Å²) in [5, 5.41) is 12.5. The zero-order valence-corrected chi connectivity index (χ0v) is 14.0. The molecule has 0 radical (unpaired) electrons. The molecule has 0 bridgehead atoms. The van der Waals surface area contributed by atoms with Gasteiger partial charge in [-0.25, -0.2) is 0 Å². The number of carbonyl (C=O) groups excluding carboxylic acids is 2. The predicted octanol–water partition coefficient (Wildman–Crippen LogP) is 1.55. The van der Waals surface area contributed by atoms with Gasteiger partial charge in [0.1, 0.15) is 6.04 Å². The van der Waals surface area contributed by atoms with Crippen LogP contribution in [-0.4, -0.2) is 47.1 Å². The smallest absolute Gasteiger partial charge is 0.242 e. The lowest BCUT2D eigenvalue weighted by Crippen LogP contribution is -2.48. The number of likely N-dealkylation sites (tertiary alicyclic amines) is 1. The molecule has 2 amide bonds. The Labute approximate surface area is 128 Å². The number of nitrogens with one attached hydrogen (secondary N) is 1. The normalized spacial score (nSPS) is 20.7. The van der Waals surface area contributed by atoms with E-state index in [1.54, 1.807) is 4.90 Å². The molecular weight excluding hydrogens is 268 g/mol. The van der Waals surface area contributed by atoms with Crippen molar-refractivity contribution in [2.75, 3.05) is 13.1 Å². The first-order valence-electron chi connectivity index (χ1n) is 7.87. The van der Waals surface area contributed by atoms with Crippen LogP contribution in [0, 0.1) is 11.3 Å². The van der Waals surface area contributed by atoms with Gasteiger partial charge < -0.3 is 15.3 Å². The minimum absolute atomic E-state index is 0.0459. The van der Waals surface area contributed by atoms with Crippen LogP contribution in [-0.2, 0) is 9.59 Å². The Morgan fingerprint density at radius 2 is 1.95 bits per heavy atom. The summed E-state index contributed by atoms with van der Waals surface area (Å²) in [5.41, 5.74) is -0.0749. The van der Waals surface area contributed by atoms with Gasteiger partial charge in [0.15, 0.2) is 0 Å². The van der Waals surface area contributed by atoms with E-state index in [2.05, 4.69) is 5.32 Å². The highest BCUT2D eigenvalue weighted by atomic mass is 16.3. The van der Waals surface area contributed by atoms with Gasteiger partial charge in [-0.05, 0) is 24.2 Å². The first-order valence-corrected chi connectivity index (χ1v) is 7.87. The fourth-order valence-corrected chi connectivity index (χ4v) is 2.45. The van der Waals surface area contributed by atoms with Gasteiger partial charge in [0.25, 0.3) is 0 Å². The second kappa shape index (κ2) is 7.25. The quantitative estimate of drug-likeness (QED) is 0.809. The molecule has 5 nitrogen and oxygen atoms in total. The van der Waals surface area contributed by atoms with Gasteiger partial charge in [-0.15, -0.1) is 0 Å². The van der Waals surface area contributed by atoms with E-state index in [-0.39, 0.29) is 35.7 Å². The lowest BCUT2D eigenvalue weighted by Gasteiger charge is -2.28. The summed E-state index contributed by atoms with van der Waals surface area (Å²) < 4.78 is 0. The van der Waals surface area contributed by atoms with Crippen molar-refractivity contribution < 1.29 is 14.7 Å². The maximum absolute atomic E-state index is 12.3. The first-order chi connectivity index (χ1) is 9.61. The van der Waals surface area contributed by atoms with E-state index >= 15 is 0 Å². The number of rotatable bonds is 5. The highest BCUT2D eigenvalue weighted by Crippen LogP contribution is 2.24. The van der Waals surface area contributed by atoms with E-state index in [0.717, 1.165) is 6.42 Å². The van der Waals surface area contributed by atoms with Crippen molar-refractivity contribution in [3.8, 4) is 0 Å². The maximum atomic E-state index is 12.3. The summed E-state index contributed by atoms with van der Waals surface area (Å²) in [6, 6.07) is -0.376. The van der Waals surface area contributed by atoms with Crippen molar-refractivity contribution >= 4 is 11.8 Å². The summed E-state index contributed by atoms with van der Waals surface area (Å²) in [5.74, 6) is 0.00604. The Morgan fingerprint density at radius 1 is 1.33 bits per heavy atom. The Balaban J connectivity index is 2.56. The number of carbonyl (C=O) groups is 2. The topological polar surface area (TPSA) is 69.6 Å². The molecule has 0 aromatic heterocycles. The van der Waals surface area contributed by atoms with Crippen molar-refractivity contribution in [3.63, 3.8) is 0 Å². The summed E-state index contributed by atoms with van der Waals surface area (Å²) in [7, 11) is 0. The van der Waals surface area contributed by atoms with Crippen molar-refractivity contribution in [1.82, 2.24) is 10.2 Å². The summed E-state index contributed by atoms with van der Waals surface area (Å²) in [4.78, 5) is 26.3. The van der Waals surface area contributed by atoms with Crippen molar-refractivity contribution in [2.24, 2.45) is 11.3 Å². The zero-order valence-electron chi connectivity index (χ0n) is 14.0. The molecule has 1 rings (SSSR count). The molecule has 2 atom stereocenters. The standard InChI is InChI=1S/C16H30N2O3/c1-11(2)13(19)10-17-15(21)12-7-6-8-18(12)14(20)9-16(3,4)5/h11-13,19H,6-10H2,1-5H3,(H,17,21). The molecule has 1 fully saturated rings.